The molecule has 0 saturated heterocycles. The molecule has 0 radical (unpaired) electrons. The highest BCUT2D eigenvalue weighted by atomic mass is 16.5. The van der Waals surface area contributed by atoms with Crippen LogP contribution in [0.5, 0.6) is 0 Å². The number of ether oxygens (including phenoxy) is 2. The maximum atomic E-state index is 9.91. The minimum Gasteiger partial charge on any atom is -0.379 e. The van der Waals surface area contributed by atoms with E-state index >= 15 is 0 Å². The largest absolute Gasteiger partial charge is 0.379 e. The minimum atomic E-state index is -0.254. The zero-order valence-electron chi connectivity index (χ0n) is 7.78. The van der Waals surface area contributed by atoms with Gasteiger partial charge in [-0.3, -0.25) is 0 Å². The predicted molar refractivity (Wildman–Crippen MR) is 47.2 cm³/mol. The lowest BCUT2D eigenvalue weighted by Gasteiger charge is -2.05. The van der Waals surface area contributed by atoms with Gasteiger partial charge in [0.05, 0.1) is 19.8 Å². The van der Waals surface area contributed by atoms with Crippen LogP contribution in [0.25, 0.3) is 0 Å². The van der Waals surface area contributed by atoms with Crippen molar-refractivity contribution in [2.45, 2.75) is 26.3 Å². The van der Waals surface area contributed by atoms with Gasteiger partial charge in [0.2, 0.25) is 0 Å². The Morgan fingerprint density at radius 1 is 1.25 bits per heavy atom. The molecule has 72 valence electrons. The molecule has 0 aromatic rings. The number of nitroso groups, excluding NO2 is 1. The first-order valence-corrected chi connectivity index (χ1v) is 4.29. The summed E-state index contributed by atoms with van der Waals surface area (Å²) in [6.07, 6.45) is 1.02. The standard InChI is InChI=1S/C8H17NO3/c1-3-4-11-5-6-12-7-8(2)9-10/h8H,3-7H2,1-2H3. The third kappa shape index (κ3) is 7.63. The van der Waals surface area contributed by atoms with Gasteiger partial charge in [0, 0.05) is 6.61 Å². The van der Waals surface area contributed by atoms with E-state index in [1.807, 2.05) is 0 Å². The highest BCUT2D eigenvalue weighted by Gasteiger charge is 1.98. The summed E-state index contributed by atoms with van der Waals surface area (Å²) in [6.45, 7) is 6.07. The normalized spacial score (nSPS) is 12.8. The van der Waals surface area contributed by atoms with Crippen LogP contribution in [0.2, 0.25) is 0 Å². The fraction of sp³-hybridized carbons (Fsp3) is 1.00. The molecule has 0 aliphatic heterocycles. The number of nitrogens with zero attached hydrogens (tertiary/aromatic N) is 1. The average molecular weight is 175 g/mol. The maximum absolute atomic E-state index is 9.91. The third-order valence-electron chi connectivity index (χ3n) is 1.26. The van der Waals surface area contributed by atoms with Crippen molar-refractivity contribution in [1.82, 2.24) is 0 Å². The first-order valence-electron chi connectivity index (χ1n) is 4.29. The van der Waals surface area contributed by atoms with Gasteiger partial charge in [-0.15, -0.1) is 0 Å². The lowest BCUT2D eigenvalue weighted by Crippen LogP contribution is -2.12. The van der Waals surface area contributed by atoms with Crippen molar-refractivity contribution in [3.63, 3.8) is 0 Å². The molecule has 0 aromatic heterocycles. The molecule has 4 heteroatoms. The lowest BCUT2D eigenvalue weighted by atomic mass is 10.4. The van der Waals surface area contributed by atoms with Crippen molar-refractivity contribution < 1.29 is 9.47 Å². The Bertz CT molecular complexity index is 108. The van der Waals surface area contributed by atoms with Gasteiger partial charge in [-0.2, -0.15) is 4.91 Å². The Morgan fingerprint density at radius 2 is 1.92 bits per heavy atom. The molecule has 0 aliphatic carbocycles. The van der Waals surface area contributed by atoms with E-state index in [-0.39, 0.29) is 6.04 Å². The second kappa shape index (κ2) is 8.62. The fourth-order valence-electron chi connectivity index (χ4n) is 0.649. The first kappa shape index (κ1) is 11.5. The summed E-state index contributed by atoms with van der Waals surface area (Å²) >= 11 is 0. The van der Waals surface area contributed by atoms with E-state index in [1.54, 1.807) is 6.92 Å². The Morgan fingerprint density at radius 3 is 2.50 bits per heavy atom. The molecule has 1 unspecified atom stereocenters. The van der Waals surface area contributed by atoms with Gasteiger partial charge in [0.25, 0.3) is 0 Å². The van der Waals surface area contributed by atoms with Crippen LogP contribution in [-0.4, -0.2) is 32.5 Å². The molecule has 0 aromatic carbocycles. The van der Waals surface area contributed by atoms with Gasteiger partial charge in [0.15, 0.2) is 0 Å². The van der Waals surface area contributed by atoms with E-state index in [0.29, 0.717) is 19.8 Å². The Balaban J connectivity index is 2.95. The molecule has 0 fully saturated rings. The summed E-state index contributed by atoms with van der Waals surface area (Å²) in [5, 5.41) is 2.81. The summed E-state index contributed by atoms with van der Waals surface area (Å²) in [5.74, 6) is 0. The summed E-state index contributed by atoms with van der Waals surface area (Å²) in [6, 6.07) is -0.254. The maximum Gasteiger partial charge on any atom is 0.112 e. The van der Waals surface area contributed by atoms with Crippen LogP contribution in [0.4, 0.5) is 0 Å². The van der Waals surface area contributed by atoms with E-state index in [1.165, 1.54) is 0 Å². The molecule has 0 bridgehead atoms. The van der Waals surface area contributed by atoms with Crippen LogP contribution in [0.1, 0.15) is 20.3 Å². The highest BCUT2D eigenvalue weighted by Crippen LogP contribution is 1.89. The Hall–Kier alpha value is -0.480. The van der Waals surface area contributed by atoms with Crippen LogP contribution >= 0.6 is 0 Å². The summed E-state index contributed by atoms with van der Waals surface area (Å²) < 4.78 is 10.3. The van der Waals surface area contributed by atoms with Gasteiger partial charge in [0.1, 0.15) is 6.04 Å². The molecule has 1 atom stereocenters. The Labute approximate surface area is 73.2 Å². The van der Waals surface area contributed by atoms with E-state index in [9.17, 15) is 4.91 Å². The molecule has 4 nitrogen and oxygen atoms in total. The minimum absolute atomic E-state index is 0.254. The van der Waals surface area contributed by atoms with Gasteiger partial charge in [-0.1, -0.05) is 12.1 Å². The molecule has 0 heterocycles. The van der Waals surface area contributed by atoms with Crippen molar-refractivity contribution in [1.29, 1.82) is 0 Å². The van der Waals surface area contributed by atoms with Crippen molar-refractivity contribution >= 4 is 0 Å². The van der Waals surface area contributed by atoms with Crippen LogP contribution in [-0.2, 0) is 9.47 Å². The average Bonchev–Trinajstić information content (AvgIpc) is 2.10. The highest BCUT2D eigenvalue weighted by molar-refractivity contribution is 4.54. The molecular formula is C8H17NO3. The molecular weight excluding hydrogens is 158 g/mol. The van der Waals surface area contributed by atoms with Crippen LogP contribution in [0.15, 0.2) is 5.18 Å². The number of rotatable bonds is 8. The lowest BCUT2D eigenvalue weighted by molar-refractivity contribution is 0.0444. The Kier molecular flexibility index (Phi) is 8.27. The van der Waals surface area contributed by atoms with Crippen molar-refractivity contribution in [3.8, 4) is 0 Å². The van der Waals surface area contributed by atoms with Crippen LogP contribution < -0.4 is 0 Å². The van der Waals surface area contributed by atoms with Gasteiger partial charge in [-0.25, -0.2) is 0 Å². The van der Waals surface area contributed by atoms with Gasteiger partial charge < -0.3 is 9.47 Å². The van der Waals surface area contributed by atoms with E-state index in [2.05, 4.69) is 12.1 Å². The third-order valence-corrected chi connectivity index (χ3v) is 1.26. The van der Waals surface area contributed by atoms with Gasteiger partial charge >= 0.3 is 0 Å². The molecule has 0 amide bonds. The van der Waals surface area contributed by atoms with E-state index in [0.717, 1.165) is 13.0 Å². The van der Waals surface area contributed by atoms with Crippen LogP contribution in [0, 0.1) is 4.91 Å². The number of hydrogen-bond donors (Lipinski definition) is 0. The summed E-state index contributed by atoms with van der Waals surface area (Å²) in [4.78, 5) is 9.91. The number of hydrogen-bond acceptors (Lipinski definition) is 4. The molecule has 0 saturated carbocycles. The second-order valence-corrected chi connectivity index (χ2v) is 2.64. The van der Waals surface area contributed by atoms with Gasteiger partial charge in [-0.05, 0) is 13.3 Å². The molecule has 0 aliphatic rings. The van der Waals surface area contributed by atoms with Crippen molar-refractivity contribution in [2.24, 2.45) is 5.18 Å². The SMILES string of the molecule is CCCOCCOCC(C)N=O. The monoisotopic (exact) mass is 175 g/mol. The zero-order chi connectivity index (χ0) is 9.23. The summed E-state index contributed by atoms with van der Waals surface area (Å²) in [5.41, 5.74) is 0. The molecule has 0 N–H and O–H groups in total. The van der Waals surface area contributed by atoms with Crippen molar-refractivity contribution in [2.75, 3.05) is 26.4 Å². The quantitative estimate of drug-likeness (QED) is 0.415. The molecule has 0 rings (SSSR count). The zero-order valence-corrected chi connectivity index (χ0v) is 7.78. The smallest absolute Gasteiger partial charge is 0.112 e. The fourth-order valence-corrected chi connectivity index (χ4v) is 0.649. The first-order chi connectivity index (χ1) is 5.81. The predicted octanol–water partition coefficient (Wildman–Crippen LogP) is 1.58. The topological polar surface area (TPSA) is 47.9 Å². The second-order valence-electron chi connectivity index (χ2n) is 2.64. The van der Waals surface area contributed by atoms with Crippen LogP contribution in [0.3, 0.4) is 0 Å². The van der Waals surface area contributed by atoms with E-state index in [4.69, 9.17) is 9.47 Å². The molecule has 0 spiro atoms. The van der Waals surface area contributed by atoms with E-state index < -0.39 is 0 Å². The molecule has 12 heavy (non-hydrogen) atoms. The summed E-state index contributed by atoms with van der Waals surface area (Å²) in [7, 11) is 0. The van der Waals surface area contributed by atoms with Crippen molar-refractivity contribution in [3.05, 3.63) is 4.91 Å².